The van der Waals surface area contributed by atoms with Gasteiger partial charge in [0.2, 0.25) is 0 Å². The van der Waals surface area contributed by atoms with Crippen LogP contribution < -0.4 is 4.90 Å². The van der Waals surface area contributed by atoms with Gasteiger partial charge in [-0.1, -0.05) is 12.1 Å². The van der Waals surface area contributed by atoms with Crippen molar-refractivity contribution in [3.63, 3.8) is 0 Å². The molecule has 2 N–H and O–H groups in total. The quantitative estimate of drug-likeness (QED) is 0.589. The molecule has 2 aromatic rings. The smallest absolute Gasteiger partial charge is 0.282 e. The van der Waals surface area contributed by atoms with Gasteiger partial charge in [0, 0.05) is 0 Å². The van der Waals surface area contributed by atoms with E-state index >= 15 is 0 Å². The zero-order valence-corrected chi connectivity index (χ0v) is 13.8. The molecule has 0 aromatic heterocycles. The number of hydrogen-bond donors (Lipinski definition) is 2. The van der Waals surface area contributed by atoms with Crippen LogP contribution in [0.2, 0.25) is 0 Å². The third-order valence-electron chi connectivity index (χ3n) is 3.54. The van der Waals surface area contributed by atoms with Crippen molar-refractivity contribution < 1.29 is 35.5 Å². The molecule has 1 heterocycles. The highest BCUT2D eigenvalue weighted by Crippen LogP contribution is 2.34. The first-order valence-electron chi connectivity index (χ1n) is 6.58. The Balaban J connectivity index is 2.30. The largest absolute Gasteiger partial charge is 0.296 e. The summed E-state index contributed by atoms with van der Waals surface area (Å²) in [4.78, 5) is 23.8. The Hall–Kier alpha value is -2.60. The predicted octanol–water partition coefficient (Wildman–Crippen LogP) is 0.981. The van der Waals surface area contributed by atoms with Gasteiger partial charge in [-0.25, -0.2) is 4.90 Å². The van der Waals surface area contributed by atoms with Crippen LogP contribution in [0.3, 0.4) is 0 Å². The van der Waals surface area contributed by atoms with Crippen molar-refractivity contribution >= 4 is 37.7 Å². The fourth-order valence-corrected chi connectivity index (χ4v) is 3.61. The summed E-state index contributed by atoms with van der Waals surface area (Å²) in [6.45, 7) is 0. The number of nitrogens with zero attached hydrogens (tertiary/aromatic N) is 1. The van der Waals surface area contributed by atoms with Crippen LogP contribution in [-0.4, -0.2) is 37.8 Å². The molecule has 0 saturated heterocycles. The van der Waals surface area contributed by atoms with Gasteiger partial charge in [0.05, 0.1) is 21.7 Å². The van der Waals surface area contributed by atoms with E-state index in [-0.39, 0.29) is 11.1 Å². The third-order valence-corrected chi connectivity index (χ3v) is 5.29. The summed E-state index contributed by atoms with van der Waals surface area (Å²) in [5.74, 6) is -1.78. The van der Waals surface area contributed by atoms with Crippen molar-refractivity contribution in [3.8, 4) is 0 Å². The number of anilines is 1. The molecule has 0 bridgehead atoms. The molecule has 11 heteroatoms. The molecule has 0 aliphatic carbocycles. The fraction of sp³-hybridized carbons (Fsp3) is 0. The van der Waals surface area contributed by atoms with Crippen LogP contribution in [0.1, 0.15) is 20.7 Å². The Morgan fingerprint density at radius 3 is 1.72 bits per heavy atom. The average Bonchev–Trinajstić information content (AvgIpc) is 2.77. The molecule has 9 nitrogen and oxygen atoms in total. The number of hydrogen-bond acceptors (Lipinski definition) is 6. The van der Waals surface area contributed by atoms with Crippen LogP contribution in [0, 0.1) is 0 Å². The van der Waals surface area contributed by atoms with Crippen molar-refractivity contribution in [1.29, 1.82) is 0 Å². The van der Waals surface area contributed by atoms with Crippen molar-refractivity contribution in [2.75, 3.05) is 4.90 Å². The molecule has 0 spiro atoms. The number of imide groups is 1. The Labute approximate surface area is 142 Å². The Morgan fingerprint density at radius 1 is 0.760 bits per heavy atom. The minimum atomic E-state index is -4.89. The molecular formula is C14H9NO8S2. The van der Waals surface area contributed by atoms with Crippen molar-refractivity contribution in [2.45, 2.75) is 9.79 Å². The van der Waals surface area contributed by atoms with Gasteiger partial charge in [0.25, 0.3) is 32.1 Å². The predicted molar refractivity (Wildman–Crippen MR) is 83.7 cm³/mol. The number of benzene rings is 2. The number of amides is 2. The van der Waals surface area contributed by atoms with Crippen LogP contribution in [0.5, 0.6) is 0 Å². The summed E-state index contributed by atoms with van der Waals surface area (Å²) in [6, 6.07) is 7.69. The van der Waals surface area contributed by atoms with E-state index in [0.29, 0.717) is 17.0 Å². The van der Waals surface area contributed by atoms with Gasteiger partial charge < -0.3 is 0 Å². The van der Waals surface area contributed by atoms with Gasteiger partial charge in [-0.3, -0.25) is 18.7 Å². The van der Waals surface area contributed by atoms with Crippen LogP contribution in [0.4, 0.5) is 5.69 Å². The lowest BCUT2D eigenvalue weighted by molar-refractivity contribution is 0.0925. The summed E-state index contributed by atoms with van der Waals surface area (Å²) in [7, 11) is -9.64. The van der Waals surface area contributed by atoms with Gasteiger partial charge in [0.1, 0.15) is 4.90 Å². The topological polar surface area (TPSA) is 146 Å². The molecule has 130 valence electrons. The van der Waals surface area contributed by atoms with E-state index in [2.05, 4.69) is 0 Å². The number of carbonyl (C=O) groups excluding carboxylic acids is 2. The number of carbonyl (C=O) groups is 2. The first-order chi connectivity index (χ1) is 11.5. The summed E-state index contributed by atoms with van der Waals surface area (Å²) in [5.41, 5.74) is -0.694. The molecule has 1 aliphatic rings. The summed E-state index contributed by atoms with van der Waals surface area (Å²) >= 11 is 0. The van der Waals surface area contributed by atoms with E-state index in [4.69, 9.17) is 4.55 Å². The van der Waals surface area contributed by atoms with E-state index in [1.54, 1.807) is 0 Å². The molecule has 0 saturated carbocycles. The number of rotatable bonds is 3. The Morgan fingerprint density at radius 2 is 1.28 bits per heavy atom. The zero-order valence-electron chi connectivity index (χ0n) is 12.1. The van der Waals surface area contributed by atoms with Crippen molar-refractivity contribution in [3.05, 3.63) is 53.6 Å². The molecule has 0 unspecified atom stereocenters. The Kier molecular flexibility index (Phi) is 3.76. The third kappa shape index (κ3) is 2.82. The molecule has 1 aliphatic heterocycles. The van der Waals surface area contributed by atoms with E-state index in [1.165, 1.54) is 24.3 Å². The standard InChI is InChI=1S/C14H9NO8S2/c16-13-9-3-1-2-4-10(9)14(17)15(13)11-7-8(24(18,19)20)5-6-12(11)25(21,22)23/h1-7H,(H,18,19,20)(H,21,22,23). The second-order valence-corrected chi connectivity index (χ2v) is 7.88. The normalized spacial score (nSPS) is 14.7. The summed E-state index contributed by atoms with van der Waals surface area (Å²) in [6.07, 6.45) is 0. The monoisotopic (exact) mass is 383 g/mol. The van der Waals surface area contributed by atoms with E-state index in [0.717, 1.165) is 6.07 Å². The lowest BCUT2D eigenvalue weighted by atomic mass is 10.1. The van der Waals surface area contributed by atoms with E-state index in [1.807, 2.05) is 0 Å². The van der Waals surface area contributed by atoms with Gasteiger partial charge >= 0.3 is 0 Å². The van der Waals surface area contributed by atoms with Crippen LogP contribution in [-0.2, 0) is 20.2 Å². The molecule has 2 amide bonds. The molecule has 0 fully saturated rings. The maximum Gasteiger partial charge on any atom is 0.296 e. The lowest BCUT2D eigenvalue weighted by Crippen LogP contribution is -2.31. The number of fused-ring (bicyclic) bond motifs is 1. The lowest BCUT2D eigenvalue weighted by Gasteiger charge is -2.17. The zero-order chi connectivity index (χ0) is 18.6. The second-order valence-electron chi connectivity index (χ2n) is 5.07. The van der Waals surface area contributed by atoms with Gasteiger partial charge in [-0.15, -0.1) is 0 Å². The van der Waals surface area contributed by atoms with Crippen LogP contribution >= 0.6 is 0 Å². The van der Waals surface area contributed by atoms with Gasteiger partial charge in [-0.05, 0) is 30.3 Å². The van der Waals surface area contributed by atoms with Crippen LogP contribution in [0.25, 0.3) is 0 Å². The molecule has 2 aromatic carbocycles. The van der Waals surface area contributed by atoms with E-state index < -0.39 is 47.5 Å². The highest BCUT2D eigenvalue weighted by molar-refractivity contribution is 7.86. The maximum absolute atomic E-state index is 12.5. The fourth-order valence-electron chi connectivity index (χ4n) is 2.46. The average molecular weight is 383 g/mol. The van der Waals surface area contributed by atoms with Crippen molar-refractivity contribution in [2.24, 2.45) is 0 Å². The molecule has 0 atom stereocenters. The summed E-state index contributed by atoms with van der Waals surface area (Å²) in [5, 5.41) is 0. The van der Waals surface area contributed by atoms with E-state index in [9.17, 15) is 31.0 Å². The Bertz CT molecular complexity index is 1100. The molecule has 3 rings (SSSR count). The minimum absolute atomic E-state index is 0.00829. The minimum Gasteiger partial charge on any atom is -0.282 e. The second kappa shape index (κ2) is 5.46. The first-order valence-corrected chi connectivity index (χ1v) is 9.46. The van der Waals surface area contributed by atoms with Crippen LogP contribution in [0.15, 0.2) is 52.3 Å². The van der Waals surface area contributed by atoms with Crippen molar-refractivity contribution in [1.82, 2.24) is 0 Å². The first kappa shape index (κ1) is 17.2. The molecule has 0 radical (unpaired) electrons. The highest BCUT2D eigenvalue weighted by Gasteiger charge is 2.39. The molecule has 25 heavy (non-hydrogen) atoms. The summed E-state index contributed by atoms with van der Waals surface area (Å²) < 4.78 is 64.2. The SMILES string of the molecule is O=C1c2ccccc2C(=O)N1c1cc(S(=O)(=O)O)ccc1S(=O)(=O)O. The van der Waals surface area contributed by atoms with Gasteiger partial charge in [-0.2, -0.15) is 16.8 Å². The highest BCUT2D eigenvalue weighted by atomic mass is 32.2. The maximum atomic E-state index is 12.5. The molecular weight excluding hydrogens is 374 g/mol. The van der Waals surface area contributed by atoms with Gasteiger partial charge in [0.15, 0.2) is 0 Å².